The Morgan fingerprint density at radius 3 is 2.05 bits per heavy atom. The van der Waals surface area contributed by atoms with Gasteiger partial charge in [-0.3, -0.25) is 19.4 Å². The van der Waals surface area contributed by atoms with E-state index in [0.717, 1.165) is 0 Å². The Morgan fingerprint density at radius 1 is 0.897 bits per heavy atom. The average Bonchev–Trinajstić information content (AvgIpc) is 3.41. The normalized spacial score (nSPS) is 13.6. The van der Waals surface area contributed by atoms with Crippen LogP contribution in [-0.4, -0.2) is 29.5 Å². The average molecular weight is 557 g/mol. The highest BCUT2D eigenvalue weighted by Crippen LogP contribution is 2.32. The molecule has 39 heavy (non-hydrogen) atoms. The van der Waals surface area contributed by atoms with Gasteiger partial charge in [-0.1, -0.05) is 48.0 Å². The number of anilines is 2. The second-order valence-corrected chi connectivity index (χ2v) is 9.18. The number of thiocarbonyl (C=S) groups is 1. The third-order valence-corrected chi connectivity index (χ3v) is 6.63. The van der Waals surface area contributed by atoms with E-state index in [1.807, 2.05) is 12.1 Å². The molecule has 1 saturated heterocycles. The van der Waals surface area contributed by atoms with Gasteiger partial charge >= 0.3 is 5.97 Å². The molecule has 5 rings (SSSR count). The number of benzene rings is 3. The van der Waals surface area contributed by atoms with Crippen LogP contribution in [0.5, 0.6) is 0 Å². The van der Waals surface area contributed by atoms with Crippen LogP contribution < -0.4 is 9.80 Å². The van der Waals surface area contributed by atoms with Crippen LogP contribution in [-0.2, 0) is 14.3 Å². The van der Waals surface area contributed by atoms with Gasteiger partial charge in [0, 0.05) is 5.56 Å². The Kier molecular flexibility index (Phi) is 7.40. The van der Waals surface area contributed by atoms with Gasteiger partial charge in [0.2, 0.25) is 0 Å². The molecular formula is C30H21ClN2O5S. The predicted octanol–water partition coefficient (Wildman–Crippen LogP) is 6.53. The van der Waals surface area contributed by atoms with Crippen molar-refractivity contribution in [2.45, 2.75) is 6.92 Å². The zero-order valence-corrected chi connectivity index (χ0v) is 22.2. The zero-order chi connectivity index (χ0) is 27.5. The summed E-state index contributed by atoms with van der Waals surface area (Å²) < 4.78 is 11.0. The van der Waals surface area contributed by atoms with E-state index in [0.29, 0.717) is 22.7 Å². The Morgan fingerprint density at radius 2 is 1.49 bits per heavy atom. The van der Waals surface area contributed by atoms with Crippen LogP contribution in [0.25, 0.3) is 17.4 Å². The first kappa shape index (κ1) is 26.1. The van der Waals surface area contributed by atoms with Crippen LogP contribution >= 0.6 is 23.8 Å². The molecule has 0 bridgehead atoms. The number of para-hydroxylation sites is 2. The van der Waals surface area contributed by atoms with Crippen molar-refractivity contribution in [3.05, 3.63) is 113 Å². The van der Waals surface area contributed by atoms with Gasteiger partial charge in [-0.2, -0.15) is 0 Å². The lowest BCUT2D eigenvalue weighted by molar-refractivity contribution is -0.120. The summed E-state index contributed by atoms with van der Waals surface area (Å²) in [4.78, 5) is 42.2. The SMILES string of the molecule is CCOC(=O)c1cc(-c2ccc(C=C3C(=O)N(c4ccccc4)C(=S)N(c4ccccc4)C3=O)o2)ccc1Cl. The largest absolute Gasteiger partial charge is 0.462 e. The monoisotopic (exact) mass is 556 g/mol. The fourth-order valence-corrected chi connectivity index (χ4v) is 4.68. The smallest absolute Gasteiger partial charge is 0.339 e. The van der Waals surface area contributed by atoms with Crippen molar-refractivity contribution in [3.63, 3.8) is 0 Å². The maximum Gasteiger partial charge on any atom is 0.339 e. The second-order valence-electron chi connectivity index (χ2n) is 8.41. The van der Waals surface area contributed by atoms with Crippen LogP contribution in [0.2, 0.25) is 5.02 Å². The van der Waals surface area contributed by atoms with E-state index in [9.17, 15) is 14.4 Å². The van der Waals surface area contributed by atoms with Gasteiger partial charge in [-0.25, -0.2) is 4.79 Å². The standard InChI is InChI=1S/C30H21ClN2O5S/c1-2-37-29(36)23-17-19(13-15-25(23)31)26-16-14-22(38-26)18-24-27(34)32(20-9-5-3-6-10-20)30(39)33(28(24)35)21-11-7-4-8-12-21/h3-18H,2H2,1H3. The lowest BCUT2D eigenvalue weighted by Gasteiger charge is -2.36. The fourth-order valence-electron chi connectivity index (χ4n) is 4.11. The Bertz CT molecular complexity index is 1550. The molecule has 2 amide bonds. The molecule has 1 aromatic heterocycles. The summed E-state index contributed by atoms with van der Waals surface area (Å²) in [5.74, 6) is -1.01. The summed E-state index contributed by atoms with van der Waals surface area (Å²) in [6, 6.07) is 25.9. The van der Waals surface area contributed by atoms with Gasteiger partial charge in [0.05, 0.1) is 28.6 Å². The van der Waals surface area contributed by atoms with Crippen molar-refractivity contribution in [1.29, 1.82) is 0 Å². The number of carbonyl (C=O) groups excluding carboxylic acids is 3. The van der Waals surface area contributed by atoms with E-state index in [2.05, 4.69) is 0 Å². The van der Waals surface area contributed by atoms with Gasteiger partial charge in [0.15, 0.2) is 5.11 Å². The summed E-state index contributed by atoms with van der Waals surface area (Å²) in [6.07, 6.45) is 1.39. The van der Waals surface area contributed by atoms with Crippen LogP contribution in [0, 0.1) is 0 Å². The highest BCUT2D eigenvalue weighted by Gasteiger charge is 2.41. The molecule has 0 unspecified atom stereocenters. The third kappa shape index (κ3) is 5.12. The summed E-state index contributed by atoms with van der Waals surface area (Å²) >= 11 is 11.8. The number of nitrogens with zero attached hydrogens (tertiary/aromatic N) is 2. The molecule has 194 valence electrons. The number of ether oxygens (including phenoxy) is 1. The first-order valence-electron chi connectivity index (χ1n) is 12.0. The Balaban J connectivity index is 1.55. The van der Waals surface area contributed by atoms with Crippen molar-refractivity contribution in [1.82, 2.24) is 0 Å². The van der Waals surface area contributed by atoms with E-state index < -0.39 is 17.8 Å². The third-order valence-electron chi connectivity index (χ3n) is 5.94. The fraction of sp³-hybridized carbons (Fsp3) is 0.0667. The molecule has 0 spiro atoms. The molecule has 0 aliphatic carbocycles. The number of halogens is 1. The van der Waals surface area contributed by atoms with Gasteiger partial charge in [-0.15, -0.1) is 0 Å². The van der Waals surface area contributed by atoms with E-state index in [1.54, 1.807) is 85.8 Å². The maximum absolute atomic E-state index is 13.6. The number of furan rings is 1. The molecule has 0 N–H and O–H groups in total. The van der Waals surface area contributed by atoms with Crippen molar-refractivity contribution in [2.75, 3.05) is 16.4 Å². The lowest BCUT2D eigenvalue weighted by Crippen LogP contribution is -2.56. The first-order valence-corrected chi connectivity index (χ1v) is 12.8. The topological polar surface area (TPSA) is 80.1 Å². The maximum atomic E-state index is 13.6. The molecule has 0 atom stereocenters. The van der Waals surface area contributed by atoms with Crippen LogP contribution in [0.15, 0.2) is 101 Å². The number of esters is 1. The lowest BCUT2D eigenvalue weighted by atomic mass is 10.1. The highest BCUT2D eigenvalue weighted by molar-refractivity contribution is 7.81. The molecular weight excluding hydrogens is 536 g/mol. The van der Waals surface area contributed by atoms with Crippen molar-refractivity contribution < 1.29 is 23.5 Å². The summed E-state index contributed by atoms with van der Waals surface area (Å²) in [7, 11) is 0. The summed E-state index contributed by atoms with van der Waals surface area (Å²) in [5, 5.41) is 0.301. The van der Waals surface area contributed by atoms with Crippen molar-refractivity contribution >= 4 is 64.2 Å². The second kappa shape index (κ2) is 11.1. The first-order chi connectivity index (χ1) is 18.9. The zero-order valence-electron chi connectivity index (χ0n) is 20.7. The van der Waals surface area contributed by atoms with Gasteiger partial charge in [-0.05, 0) is 79.8 Å². The molecule has 0 radical (unpaired) electrons. The molecule has 7 nitrogen and oxygen atoms in total. The molecule has 4 aromatic rings. The summed E-state index contributed by atoms with van der Waals surface area (Å²) in [5.41, 5.74) is 1.71. The molecule has 9 heteroatoms. The molecule has 1 aliphatic heterocycles. The van der Waals surface area contributed by atoms with Gasteiger partial charge < -0.3 is 9.15 Å². The van der Waals surface area contributed by atoms with Crippen LogP contribution in [0.4, 0.5) is 11.4 Å². The van der Waals surface area contributed by atoms with Gasteiger partial charge in [0.1, 0.15) is 17.1 Å². The molecule has 1 fully saturated rings. The summed E-state index contributed by atoms with van der Waals surface area (Å²) in [6.45, 7) is 1.92. The molecule has 3 aromatic carbocycles. The minimum absolute atomic E-state index is 0.0485. The predicted molar refractivity (Wildman–Crippen MR) is 154 cm³/mol. The van der Waals surface area contributed by atoms with Crippen molar-refractivity contribution in [2.24, 2.45) is 0 Å². The molecule has 0 saturated carbocycles. The van der Waals surface area contributed by atoms with E-state index >= 15 is 0 Å². The quantitative estimate of drug-likeness (QED) is 0.116. The van der Waals surface area contributed by atoms with Gasteiger partial charge in [0.25, 0.3) is 11.8 Å². The van der Waals surface area contributed by atoms with E-state index in [4.69, 9.17) is 33.0 Å². The number of hydrogen-bond acceptors (Lipinski definition) is 6. The van der Waals surface area contributed by atoms with E-state index in [1.165, 1.54) is 15.9 Å². The number of rotatable bonds is 6. The van der Waals surface area contributed by atoms with E-state index in [-0.39, 0.29) is 33.6 Å². The van der Waals surface area contributed by atoms with Crippen LogP contribution in [0.3, 0.4) is 0 Å². The Labute approximate surface area is 234 Å². The minimum atomic E-state index is -0.572. The number of hydrogen-bond donors (Lipinski definition) is 0. The number of carbonyl (C=O) groups is 3. The minimum Gasteiger partial charge on any atom is -0.462 e. The van der Waals surface area contributed by atoms with Crippen LogP contribution in [0.1, 0.15) is 23.0 Å². The Hall–Kier alpha value is -4.53. The molecule has 2 heterocycles. The van der Waals surface area contributed by atoms with Crippen molar-refractivity contribution in [3.8, 4) is 11.3 Å². The highest BCUT2D eigenvalue weighted by atomic mass is 35.5. The number of amides is 2. The molecule has 1 aliphatic rings.